The van der Waals surface area contributed by atoms with Gasteiger partial charge < -0.3 is 15.8 Å². The minimum Gasteiger partial charge on any atom is -0.380 e. The van der Waals surface area contributed by atoms with Gasteiger partial charge >= 0.3 is 0 Å². The summed E-state index contributed by atoms with van der Waals surface area (Å²) in [6.45, 7) is 0.460. The van der Waals surface area contributed by atoms with E-state index in [-0.39, 0.29) is 30.3 Å². The Morgan fingerprint density at radius 1 is 1.48 bits per heavy atom. The van der Waals surface area contributed by atoms with Gasteiger partial charge in [-0.15, -0.1) is 12.4 Å². The van der Waals surface area contributed by atoms with Gasteiger partial charge in [0.2, 0.25) is 5.91 Å². The van der Waals surface area contributed by atoms with Crippen LogP contribution in [0.1, 0.15) is 31.2 Å². The Morgan fingerprint density at radius 3 is 2.90 bits per heavy atom. The first-order valence-corrected chi connectivity index (χ1v) is 7.74. The Kier molecular flexibility index (Phi) is 7.66. The molecule has 0 radical (unpaired) electrons. The zero-order valence-corrected chi connectivity index (χ0v) is 14.5. The van der Waals surface area contributed by atoms with Crippen LogP contribution in [0.5, 0.6) is 0 Å². The molecule has 1 aromatic rings. The number of carbonyl (C=O) groups excluding carboxylic acids is 1. The predicted octanol–water partition coefficient (Wildman–Crippen LogP) is 3.47. The molecule has 0 heterocycles. The number of rotatable bonds is 4. The summed E-state index contributed by atoms with van der Waals surface area (Å²) in [6, 6.07) is 5.91. The molecule has 0 aromatic heterocycles. The highest BCUT2D eigenvalue weighted by atomic mass is 79.9. The van der Waals surface area contributed by atoms with E-state index in [2.05, 4.69) is 21.2 Å². The van der Waals surface area contributed by atoms with Gasteiger partial charge in [-0.25, -0.2) is 0 Å². The van der Waals surface area contributed by atoms with Crippen molar-refractivity contribution in [3.05, 3.63) is 28.2 Å². The maximum Gasteiger partial charge on any atom is 0.227 e. The van der Waals surface area contributed by atoms with Crippen molar-refractivity contribution in [2.75, 3.05) is 12.4 Å². The molecular weight excluding hydrogens is 356 g/mol. The molecule has 6 heteroatoms. The summed E-state index contributed by atoms with van der Waals surface area (Å²) in [7, 11) is 1.64. The first-order valence-electron chi connectivity index (χ1n) is 6.94. The lowest BCUT2D eigenvalue weighted by Gasteiger charge is -2.26. The van der Waals surface area contributed by atoms with Crippen LogP contribution in [-0.4, -0.2) is 19.1 Å². The molecule has 1 aliphatic rings. The Labute approximate surface area is 140 Å². The van der Waals surface area contributed by atoms with Crippen molar-refractivity contribution >= 4 is 39.9 Å². The molecule has 0 spiro atoms. The number of methoxy groups -OCH3 is 1. The summed E-state index contributed by atoms with van der Waals surface area (Å²) in [4.78, 5) is 12.4. The molecule has 1 amide bonds. The zero-order chi connectivity index (χ0) is 14.5. The van der Waals surface area contributed by atoms with Crippen molar-refractivity contribution in [2.45, 2.75) is 38.3 Å². The molecule has 0 bridgehead atoms. The molecule has 2 atom stereocenters. The highest BCUT2D eigenvalue weighted by Crippen LogP contribution is 2.28. The van der Waals surface area contributed by atoms with Crippen LogP contribution in [0.2, 0.25) is 0 Å². The molecule has 1 saturated carbocycles. The molecule has 118 valence electrons. The zero-order valence-electron chi connectivity index (χ0n) is 12.1. The number of amides is 1. The highest BCUT2D eigenvalue weighted by Gasteiger charge is 2.25. The Hall–Kier alpha value is -0.620. The first-order chi connectivity index (χ1) is 9.61. The van der Waals surface area contributed by atoms with Crippen LogP contribution >= 0.6 is 28.3 Å². The molecule has 4 nitrogen and oxygen atoms in total. The standard InChI is InChI=1S/C15H21BrN2O2.ClH/c1-20-9-12-13(16)6-3-7-14(12)18-15(19)10-4-2-5-11(17)8-10;/h3,6-7,10-11H,2,4-5,8-9,17H2,1H3,(H,18,19);1H. The summed E-state index contributed by atoms with van der Waals surface area (Å²) in [5, 5.41) is 3.02. The van der Waals surface area contributed by atoms with E-state index in [0.717, 1.165) is 41.4 Å². The fourth-order valence-corrected chi connectivity index (χ4v) is 3.15. The SMILES string of the molecule is COCc1c(Br)cccc1NC(=O)C1CCCC(N)C1.Cl. The summed E-state index contributed by atoms with van der Waals surface area (Å²) in [5.41, 5.74) is 7.72. The summed E-state index contributed by atoms with van der Waals surface area (Å²) < 4.78 is 6.13. The topological polar surface area (TPSA) is 64.3 Å². The minimum absolute atomic E-state index is 0. The third kappa shape index (κ3) is 4.95. The van der Waals surface area contributed by atoms with Crippen molar-refractivity contribution in [3.63, 3.8) is 0 Å². The highest BCUT2D eigenvalue weighted by molar-refractivity contribution is 9.10. The maximum absolute atomic E-state index is 12.4. The number of hydrogen-bond donors (Lipinski definition) is 2. The van der Waals surface area contributed by atoms with Gasteiger partial charge in [0.1, 0.15) is 0 Å². The molecule has 1 fully saturated rings. The van der Waals surface area contributed by atoms with Crippen molar-refractivity contribution < 1.29 is 9.53 Å². The molecule has 3 N–H and O–H groups in total. The predicted molar refractivity (Wildman–Crippen MR) is 90.7 cm³/mol. The first kappa shape index (κ1) is 18.4. The number of nitrogens with one attached hydrogen (secondary N) is 1. The van der Waals surface area contributed by atoms with Crippen molar-refractivity contribution in [1.82, 2.24) is 0 Å². The van der Waals surface area contributed by atoms with E-state index in [4.69, 9.17) is 10.5 Å². The third-order valence-electron chi connectivity index (χ3n) is 3.75. The number of hydrogen-bond acceptors (Lipinski definition) is 3. The van der Waals surface area contributed by atoms with Crippen LogP contribution < -0.4 is 11.1 Å². The van der Waals surface area contributed by atoms with Gasteiger partial charge in [-0.05, 0) is 31.4 Å². The van der Waals surface area contributed by atoms with Gasteiger partial charge in [0.15, 0.2) is 0 Å². The van der Waals surface area contributed by atoms with Crippen molar-refractivity contribution in [3.8, 4) is 0 Å². The number of ether oxygens (including phenoxy) is 1. The van der Waals surface area contributed by atoms with Crippen LogP contribution in [0, 0.1) is 5.92 Å². The Morgan fingerprint density at radius 2 is 2.24 bits per heavy atom. The molecule has 1 aliphatic carbocycles. The smallest absolute Gasteiger partial charge is 0.227 e. The minimum atomic E-state index is 0. The van der Waals surface area contributed by atoms with Gasteiger partial charge in [0.05, 0.1) is 6.61 Å². The molecule has 2 rings (SSSR count). The lowest BCUT2D eigenvalue weighted by atomic mass is 9.85. The van der Waals surface area contributed by atoms with Crippen LogP contribution in [0.4, 0.5) is 5.69 Å². The molecule has 0 saturated heterocycles. The number of anilines is 1. The van der Waals surface area contributed by atoms with Crippen molar-refractivity contribution in [1.29, 1.82) is 0 Å². The van der Waals surface area contributed by atoms with Gasteiger partial charge in [0.25, 0.3) is 0 Å². The lowest BCUT2D eigenvalue weighted by Crippen LogP contribution is -2.34. The Bertz CT molecular complexity index is 485. The van der Waals surface area contributed by atoms with E-state index in [9.17, 15) is 4.79 Å². The van der Waals surface area contributed by atoms with E-state index in [1.807, 2.05) is 18.2 Å². The summed E-state index contributed by atoms with van der Waals surface area (Å²) in [6.07, 6.45) is 3.75. The van der Waals surface area contributed by atoms with Crippen LogP contribution in [-0.2, 0) is 16.1 Å². The van der Waals surface area contributed by atoms with Gasteiger partial charge in [-0.3, -0.25) is 4.79 Å². The molecule has 2 unspecified atom stereocenters. The summed E-state index contributed by atoms with van der Waals surface area (Å²) in [5.74, 6) is 0.0868. The molecule has 0 aliphatic heterocycles. The number of halogens is 2. The van der Waals surface area contributed by atoms with E-state index < -0.39 is 0 Å². The molecule has 1 aromatic carbocycles. The average molecular weight is 378 g/mol. The van der Waals surface area contributed by atoms with Gasteiger partial charge in [0, 0.05) is 34.8 Å². The second-order valence-corrected chi connectivity index (χ2v) is 6.17. The number of nitrogens with two attached hydrogens (primary N) is 1. The second-order valence-electron chi connectivity index (χ2n) is 5.31. The van der Waals surface area contributed by atoms with Crippen LogP contribution in [0.15, 0.2) is 22.7 Å². The fourth-order valence-electron chi connectivity index (χ4n) is 2.67. The van der Waals surface area contributed by atoms with Gasteiger partial charge in [-0.1, -0.05) is 28.4 Å². The average Bonchev–Trinajstić information content (AvgIpc) is 2.42. The second kappa shape index (κ2) is 8.73. The quantitative estimate of drug-likeness (QED) is 0.844. The normalized spacial score (nSPS) is 21.5. The van der Waals surface area contributed by atoms with Gasteiger partial charge in [-0.2, -0.15) is 0 Å². The largest absolute Gasteiger partial charge is 0.380 e. The maximum atomic E-state index is 12.4. The fraction of sp³-hybridized carbons (Fsp3) is 0.533. The van der Waals surface area contributed by atoms with Crippen LogP contribution in [0.3, 0.4) is 0 Å². The number of carbonyl (C=O) groups is 1. The van der Waals surface area contributed by atoms with Crippen molar-refractivity contribution in [2.24, 2.45) is 11.7 Å². The molecule has 21 heavy (non-hydrogen) atoms. The lowest BCUT2D eigenvalue weighted by molar-refractivity contribution is -0.120. The van der Waals surface area contributed by atoms with E-state index >= 15 is 0 Å². The third-order valence-corrected chi connectivity index (χ3v) is 4.49. The summed E-state index contributed by atoms with van der Waals surface area (Å²) >= 11 is 3.49. The molecular formula is C15H22BrClN2O2. The monoisotopic (exact) mass is 376 g/mol. The van der Waals surface area contributed by atoms with E-state index in [1.54, 1.807) is 7.11 Å². The Balaban J connectivity index is 0.00000220. The van der Waals surface area contributed by atoms with E-state index in [1.165, 1.54) is 0 Å². The van der Waals surface area contributed by atoms with E-state index in [0.29, 0.717) is 6.61 Å². The van der Waals surface area contributed by atoms with Crippen LogP contribution in [0.25, 0.3) is 0 Å². The number of benzene rings is 1.